The van der Waals surface area contributed by atoms with Crippen molar-refractivity contribution in [1.82, 2.24) is 42.2 Å². The summed E-state index contributed by atoms with van der Waals surface area (Å²) in [4.78, 5) is 104. The van der Waals surface area contributed by atoms with E-state index in [-0.39, 0.29) is 42.6 Å². The third-order valence-corrected chi connectivity index (χ3v) is 14.7. The molecule has 6 rings (SSSR count). The fourth-order valence-electron chi connectivity index (χ4n) is 8.34. The first kappa shape index (κ1) is 54.7. The molecule has 0 saturated carbocycles. The number of rotatable bonds is 14. The molecular weight excluding hydrogens is 957 g/mol. The first-order chi connectivity index (χ1) is 34.5. The Morgan fingerprint density at radius 3 is 2.03 bits per heavy atom. The lowest BCUT2D eigenvalue weighted by Crippen LogP contribution is -2.61. The average molecular weight is 1020 g/mol. The van der Waals surface area contributed by atoms with Gasteiger partial charge in [-0.15, -0.1) is 0 Å². The van der Waals surface area contributed by atoms with Crippen LogP contribution in [0.4, 0.5) is 0 Å². The molecule has 5 aromatic rings. The number of para-hydroxylation sites is 1. The van der Waals surface area contributed by atoms with Crippen LogP contribution in [0.15, 0.2) is 97.2 Å². The molecule has 7 amide bonds. The second kappa shape index (κ2) is 26.2. The highest BCUT2D eigenvalue weighted by atomic mass is 33.1. The summed E-state index contributed by atoms with van der Waals surface area (Å²) in [5, 5.41) is 32.4. The first-order valence-electron chi connectivity index (χ1n) is 24.2. The van der Waals surface area contributed by atoms with Gasteiger partial charge < -0.3 is 58.8 Å². The Hall–Kier alpha value is -6.61. The summed E-state index contributed by atoms with van der Waals surface area (Å²) in [5.74, 6) is -5.26. The molecule has 20 heteroatoms. The van der Waals surface area contributed by atoms with Gasteiger partial charge in [0.05, 0.1) is 0 Å². The molecule has 3 unspecified atom stereocenters. The summed E-state index contributed by atoms with van der Waals surface area (Å²) >= 11 is 0. The van der Waals surface area contributed by atoms with Gasteiger partial charge in [0.2, 0.25) is 41.4 Å². The molecule has 0 spiro atoms. The molecule has 72 heavy (non-hydrogen) atoms. The topological polar surface area (TPSA) is 292 Å². The smallest absolute Gasteiger partial charge is 0.244 e. The van der Waals surface area contributed by atoms with Crippen LogP contribution in [0.3, 0.4) is 0 Å². The van der Waals surface area contributed by atoms with Crippen molar-refractivity contribution in [2.45, 2.75) is 108 Å². The number of hydrogen-bond donors (Lipinski definition) is 11. The van der Waals surface area contributed by atoms with E-state index in [4.69, 9.17) is 11.5 Å². The van der Waals surface area contributed by atoms with Gasteiger partial charge in [-0.3, -0.25) is 33.6 Å². The van der Waals surface area contributed by atoms with Crippen molar-refractivity contribution >= 4 is 84.6 Å². The number of aromatic amines is 1. The minimum absolute atomic E-state index is 0.00694. The van der Waals surface area contributed by atoms with Crippen molar-refractivity contribution in [3.63, 3.8) is 0 Å². The van der Waals surface area contributed by atoms with Crippen LogP contribution in [-0.2, 0) is 46.4 Å². The number of benzene rings is 4. The summed E-state index contributed by atoms with van der Waals surface area (Å²) < 4.78 is 0. The minimum Gasteiger partial charge on any atom is -0.508 e. The normalized spacial score (nSPS) is 21.5. The van der Waals surface area contributed by atoms with E-state index >= 15 is 0 Å². The summed E-state index contributed by atoms with van der Waals surface area (Å²) in [6.07, 6.45) is 2.68. The summed E-state index contributed by atoms with van der Waals surface area (Å²) in [6.45, 7) is 7.36. The zero-order chi connectivity index (χ0) is 51.9. The van der Waals surface area contributed by atoms with Crippen LogP contribution in [0, 0.1) is 5.92 Å². The van der Waals surface area contributed by atoms with Crippen LogP contribution in [0.1, 0.15) is 69.7 Å². The van der Waals surface area contributed by atoms with Crippen LogP contribution < -0.4 is 48.7 Å². The van der Waals surface area contributed by atoms with Gasteiger partial charge in [0.1, 0.15) is 48.0 Å². The number of nitrogens with one attached hydrogen (secondary N) is 8. The van der Waals surface area contributed by atoms with Crippen molar-refractivity contribution in [2.75, 3.05) is 18.1 Å². The molecule has 0 aliphatic carbocycles. The number of phenols is 1. The largest absolute Gasteiger partial charge is 0.508 e. The van der Waals surface area contributed by atoms with Gasteiger partial charge >= 0.3 is 0 Å². The number of phenolic OH excluding ortho intramolecular Hbond substituents is 1. The zero-order valence-electron chi connectivity index (χ0n) is 40.9. The van der Waals surface area contributed by atoms with Gasteiger partial charge in [0, 0.05) is 47.5 Å². The number of H-pyrrole nitrogens is 1. The number of unbranched alkanes of at least 4 members (excludes halogenated alkanes) is 1. The number of nitrogens with two attached hydrogens (primary N) is 2. The molecule has 1 aliphatic heterocycles. The number of carbonyl (C=O) groups excluding carboxylic acids is 7. The highest BCUT2D eigenvalue weighted by Crippen LogP contribution is 2.27. The van der Waals surface area contributed by atoms with Gasteiger partial charge in [-0.25, -0.2) is 0 Å². The lowest BCUT2D eigenvalue weighted by Gasteiger charge is -2.29. The molecule has 1 aromatic heterocycles. The molecular formula is C52H66N10O8S2. The highest BCUT2D eigenvalue weighted by molar-refractivity contribution is 8.76. The van der Waals surface area contributed by atoms with Gasteiger partial charge in [-0.05, 0) is 91.2 Å². The predicted molar refractivity (Wildman–Crippen MR) is 282 cm³/mol. The van der Waals surface area contributed by atoms with E-state index in [1.165, 1.54) is 22.9 Å². The van der Waals surface area contributed by atoms with E-state index < -0.39 is 89.6 Å². The van der Waals surface area contributed by atoms with Gasteiger partial charge in [0.25, 0.3) is 0 Å². The standard InChI is InChI=1S/C52H66N10O8S2/c1-29(2)45-52(70)61-42(49(67)56-30(3)4)27-71-72-28-43(60-51(69)44(54)37-16-11-13-32-12-5-6-14-35(32)37)50(68)58-40(24-31-19-21-34(63)22-20-31)47(65)59-41(25-33-26-55-38-17-8-7-15-36(33)38)48(66)57-39(46(64)62-45)18-9-10-23-53/h5-8,11-17,19-22,26,29-30,39-45,55,63H,9-10,18,23-25,27-28,53-54H2,1-4H3,(H,56,67)(H,57,66)(H,58,68)(H,59,65)(H,60,69)(H,61,70)(H,62,64)/t39-,40?,41+,42?,43+,44-,45?/m0/s1. The number of hydrogen-bond acceptors (Lipinski definition) is 12. The number of aromatic nitrogens is 1. The van der Waals surface area contributed by atoms with Crippen LogP contribution in [-0.4, -0.2) is 112 Å². The average Bonchev–Trinajstić information content (AvgIpc) is 3.77. The van der Waals surface area contributed by atoms with E-state index in [1.54, 1.807) is 58.2 Å². The number of aromatic hydroxyl groups is 1. The number of amides is 7. The molecule has 7 atom stereocenters. The Morgan fingerprint density at radius 1 is 0.694 bits per heavy atom. The fourth-order valence-corrected chi connectivity index (χ4v) is 10.7. The summed E-state index contributed by atoms with van der Waals surface area (Å²) in [6, 6.07) is 17.4. The molecule has 0 bridgehead atoms. The molecule has 1 saturated heterocycles. The molecule has 4 aromatic carbocycles. The SMILES string of the molecule is CC(C)NC(=O)C1CSSC[C@@H](NC(=O)[C@@H](N)c2cccc3ccccc23)C(=O)NC(Cc2ccc(O)cc2)C(=O)N[C@H](Cc2c[nH]c3ccccc23)C(=O)N[C@@H](CCCCN)C(=O)NC(C(C)C)C(=O)N1. The second-order valence-corrected chi connectivity index (χ2v) is 21.1. The predicted octanol–water partition coefficient (Wildman–Crippen LogP) is 3.13. The van der Waals surface area contributed by atoms with Crippen LogP contribution in [0.25, 0.3) is 21.7 Å². The fraction of sp³-hybridized carbons (Fsp3) is 0.404. The van der Waals surface area contributed by atoms with Crippen molar-refractivity contribution in [2.24, 2.45) is 17.4 Å². The number of carbonyl (C=O) groups is 7. The van der Waals surface area contributed by atoms with Crippen molar-refractivity contribution < 1.29 is 38.7 Å². The minimum atomic E-state index is -1.36. The number of fused-ring (bicyclic) bond motifs is 2. The van der Waals surface area contributed by atoms with Crippen LogP contribution in [0.2, 0.25) is 0 Å². The molecule has 2 heterocycles. The van der Waals surface area contributed by atoms with Gasteiger partial charge in [0.15, 0.2) is 0 Å². The Bertz CT molecular complexity index is 2690. The Labute approximate surface area is 426 Å². The van der Waals surface area contributed by atoms with E-state index in [0.29, 0.717) is 36.1 Å². The van der Waals surface area contributed by atoms with Crippen molar-refractivity contribution in [1.29, 1.82) is 0 Å². The Morgan fingerprint density at radius 2 is 1.32 bits per heavy atom. The second-order valence-electron chi connectivity index (χ2n) is 18.5. The van der Waals surface area contributed by atoms with E-state index in [1.807, 2.05) is 54.6 Å². The van der Waals surface area contributed by atoms with Crippen molar-refractivity contribution in [3.05, 3.63) is 114 Å². The van der Waals surface area contributed by atoms with Gasteiger partial charge in [-0.1, -0.05) is 108 Å². The molecule has 384 valence electrons. The quantitative estimate of drug-likeness (QED) is 0.0566. The summed E-state index contributed by atoms with van der Waals surface area (Å²) in [5.41, 5.74) is 15.0. The summed E-state index contributed by atoms with van der Waals surface area (Å²) in [7, 11) is 2.31. The molecule has 0 radical (unpaired) electrons. The maximum Gasteiger partial charge on any atom is 0.244 e. The third kappa shape index (κ3) is 15.0. The zero-order valence-corrected chi connectivity index (χ0v) is 42.5. The Balaban J connectivity index is 1.40. The lowest BCUT2D eigenvalue weighted by molar-refractivity contribution is -0.135. The van der Waals surface area contributed by atoms with E-state index in [0.717, 1.165) is 32.5 Å². The van der Waals surface area contributed by atoms with E-state index in [9.17, 15) is 38.7 Å². The first-order valence-corrected chi connectivity index (χ1v) is 26.6. The van der Waals surface area contributed by atoms with Crippen LogP contribution >= 0.6 is 21.6 Å². The third-order valence-electron chi connectivity index (χ3n) is 12.3. The van der Waals surface area contributed by atoms with Crippen molar-refractivity contribution in [3.8, 4) is 5.75 Å². The molecule has 1 aliphatic rings. The monoisotopic (exact) mass is 1020 g/mol. The molecule has 1 fully saturated rings. The maximum atomic E-state index is 14.8. The highest BCUT2D eigenvalue weighted by Gasteiger charge is 2.36. The van der Waals surface area contributed by atoms with Crippen LogP contribution in [0.5, 0.6) is 5.75 Å². The van der Waals surface area contributed by atoms with E-state index in [2.05, 4.69) is 42.2 Å². The lowest BCUT2D eigenvalue weighted by atomic mass is 9.98. The van der Waals surface area contributed by atoms with Gasteiger partial charge in [-0.2, -0.15) is 0 Å². The molecule has 18 nitrogen and oxygen atoms in total. The molecule has 13 N–H and O–H groups in total. The Kier molecular flexibility index (Phi) is 19.9. The maximum absolute atomic E-state index is 14.8.